The SMILES string of the molecule is N#C/C(=C(/N)c1ncccn1)c1ccccc1. The van der Waals surface area contributed by atoms with Crippen LogP contribution < -0.4 is 5.73 Å². The molecule has 1 aromatic carbocycles. The lowest BCUT2D eigenvalue weighted by Crippen LogP contribution is -2.04. The number of benzene rings is 1. The first-order valence-corrected chi connectivity index (χ1v) is 5.05. The second-order valence-electron chi connectivity index (χ2n) is 3.34. The van der Waals surface area contributed by atoms with E-state index in [-0.39, 0.29) is 0 Å². The van der Waals surface area contributed by atoms with Crippen LogP contribution in [0, 0.1) is 11.3 Å². The summed E-state index contributed by atoms with van der Waals surface area (Å²) in [6, 6.07) is 13.0. The highest BCUT2D eigenvalue weighted by Crippen LogP contribution is 2.19. The van der Waals surface area contributed by atoms with E-state index in [1.165, 1.54) is 0 Å². The molecule has 17 heavy (non-hydrogen) atoms. The quantitative estimate of drug-likeness (QED) is 0.786. The summed E-state index contributed by atoms with van der Waals surface area (Å²) < 4.78 is 0. The highest BCUT2D eigenvalue weighted by atomic mass is 14.9. The normalized spacial score (nSPS) is 11.5. The van der Waals surface area contributed by atoms with Crippen LogP contribution in [0.25, 0.3) is 11.3 Å². The number of aromatic nitrogens is 2. The average molecular weight is 222 g/mol. The number of allylic oxidation sites excluding steroid dienone is 1. The topological polar surface area (TPSA) is 75.6 Å². The maximum atomic E-state index is 9.17. The molecule has 4 nitrogen and oxygen atoms in total. The summed E-state index contributed by atoms with van der Waals surface area (Å²) >= 11 is 0. The number of nitrogens with zero attached hydrogens (tertiary/aromatic N) is 3. The summed E-state index contributed by atoms with van der Waals surface area (Å²) in [5, 5.41) is 9.17. The molecule has 2 aromatic rings. The number of nitrogens with two attached hydrogens (primary N) is 1. The Morgan fingerprint density at radius 1 is 1.06 bits per heavy atom. The summed E-state index contributed by atoms with van der Waals surface area (Å²) in [4.78, 5) is 8.06. The molecule has 2 N–H and O–H groups in total. The Morgan fingerprint density at radius 2 is 1.71 bits per heavy atom. The Balaban J connectivity index is 2.53. The number of hydrogen-bond acceptors (Lipinski definition) is 4. The second-order valence-corrected chi connectivity index (χ2v) is 3.34. The van der Waals surface area contributed by atoms with Crippen molar-refractivity contribution in [1.82, 2.24) is 9.97 Å². The van der Waals surface area contributed by atoms with Crippen molar-refractivity contribution in [2.24, 2.45) is 5.73 Å². The van der Waals surface area contributed by atoms with Crippen molar-refractivity contribution >= 4 is 11.3 Å². The molecule has 0 aliphatic carbocycles. The molecule has 0 atom stereocenters. The van der Waals surface area contributed by atoms with E-state index in [9.17, 15) is 0 Å². The smallest absolute Gasteiger partial charge is 0.176 e. The van der Waals surface area contributed by atoms with Crippen LogP contribution in [-0.2, 0) is 0 Å². The molecule has 82 valence electrons. The summed E-state index contributed by atoms with van der Waals surface area (Å²) in [5.74, 6) is 0.368. The fourth-order valence-electron chi connectivity index (χ4n) is 1.44. The zero-order valence-corrected chi connectivity index (χ0v) is 9.04. The van der Waals surface area contributed by atoms with Gasteiger partial charge in [0.15, 0.2) is 5.82 Å². The molecular weight excluding hydrogens is 212 g/mol. The fourth-order valence-corrected chi connectivity index (χ4v) is 1.44. The summed E-state index contributed by atoms with van der Waals surface area (Å²) in [7, 11) is 0. The molecule has 0 saturated heterocycles. The van der Waals surface area contributed by atoms with Gasteiger partial charge >= 0.3 is 0 Å². The lowest BCUT2D eigenvalue weighted by Gasteiger charge is -2.03. The van der Waals surface area contributed by atoms with E-state index in [1.54, 1.807) is 18.5 Å². The van der Waals surface area contributed by atoms with E-state index in [0.717, 1.165) is 5.56 Å². The first-order valence-electron chi connectivity index (χ1n) is 5.05. The first-order chi connectivity index (χ1) is 8.33. The van der Waals surface area contributed by atoms with Gasteiger partial charge in [-0.05, 0) is 11.6 Å². The van der Waals surface area contributed by atoms with Crippen molar-refractivity contribution in [2.75, 3.05) is 0 Å². The van der Waals surface area contributed by atoms with Gasteiger partial charge in [-0.25, -0.2) is 9.97 Å². The molecule has 0 spiro atoms. The molecular formula is C13H10N4. The Hall–Kier alpha value is -2.67. The monoisotopic (exact) mass is 222 g/mol. The third kappa shape index (κ3) is 2.29. The van der Waals surface area contributed by atoms with Crippen LogP contribution >= 0.6 is 0 Å². The van der Waals surface area contributed by atoms with Gasteiger partial charge in [-0.15, -0.1) is 0 Å². The molecule has 0 fully saturated rings. The van der Waals surface area contributed by atoms with Crippen LogP contribution in [0.15, 0.2) is 48.8 Å². The number of hydrogen-bond donors (Lipinski definition) is 1. The molecule has 1 aromatic heterocycles. The molecule has 0 saturated carbocycles. The van der Waals surface area contributed by atoms with Gasteiger partial charge in [0.05, 0.1) is 11.3 Å². The Kier molecular flexibility index (Phi) is 3.13. The van der Waals surface area contributed by atoms with Crippen molar-refractivity contribution in [1.29, 1.82) is 5.26 Å². The molecule has 0 aliphatic rings. The van der Waals surface area contributed by atoms with Gasteiger partial charge in [0.2, 0.25) is 0 Å². The first kappa shape index (κ1) is 10.8. The van der Waals surface area contributed by atoms with Gasteiger partial charge in [-0.2, -0.15) is 5.26 Å². The van der Waals surface area contributed by atoms with Gasteiger partial charge in [0, 0.05) is 12.4 Å². The van der Waals surface area contributed by atoms with E-state index >= 15 is 0 Å². The zero-order chi connectivity index (χ0) is 12.1. The lowest BCUT2D eigenvalue weighted by atomic mass is 10.1. The van der Waals surface area contributed by atoms with Crippen molar-refractivity contribution < 1.29 is 0 Å². The summed E-state index contributed by atoms with van der Waals surface area (Å²) in [6.45, 7) is 0. The van der Waals surface area contributed by atoms with Crippen LogP contribution in [0.4, 0.5) is 0 Å². The maximum Gasteiger partial charge on any atom is 0.176 e. The highest BCUT2D eigenvalue weighted by Gasteiger charge is 2.09. The van der Waals surface area contributed by atoms with E-state index in [1.807, 2.05) is 30.3 Å². The largest absolute Gasteiger partial charge is 0.395 e. The van der Waals surface area contributed by atoms with Crippen LogP contribution in [0.3, 0.4) is 0 Å². The molecule has 0 aliphatic heterocycles. The molecule has 0 unspecified atom stereocenters. The third-order valence-corrected chi connectivity index (χ3v) is 2.25. The third-order valence-electron chi connectivity index (χ3n) is 2.25. The van der Waals surface area contributed by atoms with Gasteiger partial charge in [0.25, 0.3) is 0 Å². The van der Waals surface area contributed by atoms with Gasteiger partial charge in [0.1, 0.15) is 6.07 Å². The van der Waals surface area contributed by atoms with Crippen LogP contribution in [0.1, 0.15) is 11.4 Å². The second kappa shape index (κ2) is 4.90. The van der Waals surface area contributed by atoms with Crippen LogP contribution in [-0.4, -0.2) is 9.97 Å². The maximum absolute atomic E-state index is 9.17. The van der Waals surface area contributed by atoms with Crippen molar-refractivity contribution in [3.63, 3.8) is 0 Å². The average Bonchev–Trinajstić information content (AvgIpc) is 2.42. The predicted octanol–water partition coefficient (Wildman–Crippen LogP) is 1.83. The van der Waals surface area contributed by atoms with Gasteiger partial charge in [-0.1, -0.05) is 30.3 Å². The summed E-state index contributed by atoms with van der Waals surface area (Å²) in [5.41, 5.74) is 7.35. The zero-order valence-electron chi connectivity index (χ0n) is 9.04. The van der Waals surface area contributed by atoms with Crippen LogP contribution in [0.5, 0.6) is 0 Å². The molecule has 0 radical (unpaired) electrons. The molecule has 4 heteroatoms. The Morgan fingerprint density at radius 3 is 2.29 bits per heavy atom. The molecule has 2 rings (SSSR count). The highest BCUT2D eigenvalue weighted by molar-refractivity contribution is 5.94. The van der Waals surface area contributed by atoms with Crippen LogP contribution in [0.2, 0.25) is 0 Å². The summed E-state index contributed by atoms with van der Waals surface area (Å²) in [6.07, 6.45) is 3.18. The fraction of sp³-hybridized carbons (Fsp3) is 0. The van der Waals surface area contributed by atoms with E-state index in [0.29, 0.717) is 17.1 Å². The minimum Gasteiger partial charge on any atom is -0.395 e. The van der Waals surface area contributed by atoms with Gasteiger partial charge in [-0.3, -0.25) is 0 Å². The van der Waals surface area contributed by atoms with Gasteiger partial charge < -0.3 is 5.73 Å². The lowest BCUT2D eigenvalue weighted by molar-refractivity contribution is 1.11. The van der Waals surface area contributed by atoms with Crippen molar-refractivity contribution in [3.05, 3.63) is 60.2 Å². The minimum atomic E-state index is 0.291. The van der Waals surface area contributed by atoms with E-state index < -0.39 is 0 Å². The number of rotatable bonds is 2. The molecule has 0 amide bonds. The van der Waals surface area contributed by atoms with Crippen molar-refractivity contribution in [3.8, 4) is 6.07 Å². The van der Waals surface area contributed by atoms with E-state index in [2.05, 4.69) is 16.0 Å². The Bertz CT molecular complexity index is 567. The molecule has 0 bridgehead atoms. The number of nitriles is 1. The van der Waals surface area contributed by atoms with E-state index in [4.69, 9.17) is 11.0 Å². The standard InChI is InChI=1S/C13H10N4/c14-9-11(10-5-2-1-3-6-10)12(15)13-16-7-4-8-17-13/h1-8H,15H2/b12-11-. The minimum absolute atomic E-state index is 0.291. The molecule has 1 heterocycles. The van der Waals surface area contributed by atoms with Crippen molar-refractivity contribution in [2.45, 2.75) is 0 Å². The predicted molar refractivity (Wildman–Crippen MR) is 65.1 cm³/mol. The Labute approximate surface area is 99.1 Å².